The topological polar surface area (TPSA) is 46.2 Å². The second-order valence-electron chi connectivity index (χ2n) is 4.87. The molecule has 0 heterocycles. The van der Waals surface area contributed by atoms with Crippen LogP contribution in [0.25, 0.3) is 0 Å². The Bertz CT molecular complexity index is 162. The zero-order valence-electron chi connectivity index (χ0n) is 9.63. The second kappa shape index (κ2) is 5.13. The summed E-state index contributed by atoms with van der Waals surface area (Å²) in [6.45, 7) is 4.76. The van der Waals surface area contributed by atoms with E-state index >= 15 is 0 Å². The predicted octanol–water partition coefficient (Wildman–Crippen LogP) is 2.30. The minimum Gasteiger partial charge on any atom is -0.396 e. The molecule has 0 radical (unpaired) electrons. The van der Waals surface area contributed by atoms with Gasteiger partial charge in [0.1, 0.15) is 0 Å². The van der Waals surface area contributed by atoms with Crippen molar-refractivity contribution >= 4 is 0 Å². The van der Waals surface area contributed by atoms with Gasteiger partial charge in [-0.1, -0.05) is 33.1 Å². The Morgan fingerprint density at radius 3 is 2.71 bits per heavy atom. The summed E-state index contributed by atoms with van der Waals surface area (Å²) in [4.78, 5) is 0. The van der Waals surface area contributed by atoms with E-state index in [0.717, 1.165) is 12.8 Å². The maximum absolute atomic E-state index is 9.19. The van der Waals surface area contributed by atoms with Gasteiger partial charge in [0, 0.05) is 12.6 Å². The summed E-state index contributed by atoms with van der Waals surface area (Å²) < 4.78 is 0. The van der Waals surface area contributed by atoms with E-state index in [4.69, 9.17) is 5.73 Å². The molecular formula is C12H25NO. The molecule has 0 aromatic carbocycles. The molecule has 3 atom stereocenters. The Labute approximate surface area is 87.9 Å². The van der Waals surface area contributed by atoms with Gasteiger partial charge in [-0.2, -0.15) is 0 Å². The first-order chi connectivity index (χ1) is 6.67. The minimum absolute atomic E-state index is 0.224. The zero-order valence-corrected chi connectivity index (χ0v) is 9.63. The standard InChI is InChI=1S/C12H25NO/c1-3-11(13)12(8-9-14)7-5-4-6-10(12)2/h10-11,14H,3-9,13H2,1-2H3. The van der Waals surface area contributed by atoms with E-state index in [0.29, 0.717) is 5.92 Å². The summed E-state index contributed by atoms with van der Waals surface area (Å²) in [5.41, 5.74) is 6.47. The van der Waals surface area contributed by atoms with Crippen molar-refractivity contribution in [2.24, 2.45) is 17.1 Å². The van der Waals surface area contributed by atoms with E-state index in [1.165, 1.54) is 25.7 Å². The number of nitrogens with two attached hydrogens (primary N) is 1. The highest BCUT2D eigenvalue weighted by molar-refractivity contribution is 4.94. The fourth-order valence-corrected chi connectivity index (χ4v) is 3.16. The van der Waals surface area contributed by atoms with Gasteiger partial charge in [-0.3, -0.25) is 0 Å². The van der Waals surface area contributed by atoms with Crippen LogP contribution in [0.5, 0.6) is 0 Å². The van der Waals surface area contributed by atoms with Crippen molar-refractivity contribution in [3.63, 3.8) is 0 Å². The third-order valence-corrected chi connectivity index (χ3v) is 4.27. The van der Waals surface area contributed by atoms with E-state index in [-0.39, 0.29) is 18.1 Å². The molecular weight excluding hydrogens is 174 g/mol. The Balaban J connectivity index is 2.76. The average molecular weight is 199 g/mol. The first-order valence-corrected chi connectivity index (χ1v) is 6.03. The maximum Gasteiger partial charge on any atom is 0.0437 e. The summed E-state index contributed by atoms with van der Waals surface area (Å²) in [7, 11) is 0. The van der Waals surface area contributed by atoms with Crippen LogP contribution in [-0.4, -0.2) is 17.8 Å². The third kappa shape index (κ3) is 2.12. The lowest BCUT2D eigenvalue weighted by molar-refractivity contribution is 0.0408. The second-order valence-corrected chi connectivity index (χ2v) is 4.87. The first-order valence-electron chi connectivity index (χ1n) is 6.03. The van der Waals surface area contributed by atoms with Gasteiger partial charge in [0.15, 0.2) is 0 Å². The van der Waals surface area contributed by atoms with Gasteiger partial charge in [-0.25, -0.2) is 0 Å². The fourth-order valence-electron chi connectivity index (χ4n) is 3.16. The van der Waals surface area contributed by atoms with Crippen LogP contribution < -0.4 is 5.73 Å². The molecule has 3 unspecified atom stereocenters. The van der Waals surface area contributed by atoms with Crippen LogP contribution in [0.3, 0.4) is 0 Å². The fraction of sp³-hybridized carbons (Fsp3) is 1.00. The van der Waals surface area contributed by atoms with Gasteiger partial charge in [0.05, 0.1) is 0 Å². The Kier molecular flexibility index (Phi) is 4.39. The van der Waals surface area contributed by atoms with Crippen LogP contribution in [0.15, 0.2) is 0 Å². The lowest BCUT2D eigenvalue weighted by atomic mass is 9.61. The number of hydrogen-bond donors (Lipinski definition) is 2. The highest BCUT2D eigenvalue weighted by Crippen LogP contribution is 2.46. The first kappa shape index (κ1) is 12.0. The van der Waals surface area contributed by atoms with Crippen molar-refractivity contribution < 1.29 is 5.11 Å². The van der Waals surface area contributed by atoms with Gasteiger partial charge in [-0.15, -0.1) is 0 Å². The maximum atomic E-state index is 9.19. The quantitative estimate of drug-likeness (QED) is 0.730. The smallest absolute Gasteiger partial charge is 0.0437 e. The summed E-state index contributed by atoms with van der Waals surface area (Å²) in [5.74, 6) is 0.679. The molecule has 1 rings (SSSR count). The van der Waals surface area contributed by atoms with Crippen molar-refractivity contribution in [1.82, 2.24) is 0 Å². The van der Waals surface area contributed by atoms with Crippen LogP contribution in [0, 0.1) is 11.3 Å². The van der Waals surface area contributed by atoms with Crippen LogP contribution in [0.1, 0.15) is 52.4 Å². The molecule has 0 aliphatic heterocycles. The summed E-state index contributed by atoms with van der Waals surface area (Å²) >= 11 is 0. The third-order valence-electron chi connectivity index (χ3n) is 4.27. The lowest BCUT2D eigenvalue weighted by Crippen LogP contribution is -2.48. The largest absolute Gasteiger partial charge is 0.396 e. The number of hydrogen-bond acceptors (Lipinski definition) is 2. The molecule has 84 valence electrons. The van der Waals surface area contributed by atoms with Crippen LogP contribution in [0.4, 0.5) is 0 Å². The normalized spacial score (nSPS) is 35.6. The molecule has 0 aromatic rings. The van der Waals surface area contributed by atoms with E-state index in [1.54, 1.807) is 0 Å². The molecule has 0 saturated heterocycles. The molecule has 2 nitrogen and oxygen atoms in total. The van der Waals surface area contributed by atoms with Crippen molar-refractivity contribution in [3.05, 3.63) is 0 Å². The van der Waals surface area contributed by atoms with Crippen molar-refractivity contribution in [2.75, 3.05) is 6.61 Å². The van der Waals surface area contributed by atoms with E-state index < -0.39 is 0 Å². The predicted molar refractivity (Wildman–Crippen MR) is 60.0 cm³/mol. The van der Waals surface area contributed by atoms with E-state index in [1.807, 2.05) is 0 Å². The molecule has 1 aliphatic carbocycles. The van der Waals surface area contributed by atoms with Crippen LogP contribution in [0.2, 0.25) is 0 Å². The SMILES string of the molecule is CCC(N)C1(CCO)CCCCC1C. The van der Waals surface area contributed by atoms with Crippen LogP contribution in [-0.2, 0) is 0 Å². The molecule has 3 N–H and O–H groups in total. The molecule has 0 bridgehead atoms. The van der Waals surface area contributed by atoms with Gasteiger partial charge in [0.2, 0.25) is 0 Å². The Hall–Kier alpha value is -0.0800. The lowest BCUT2D eigenvalue weighted by Gasteiger charge is -2.46. The van der Waals surface area contributed by atoms with Crippen molar-refractivity contribution in [3.8, 4) is 0 Å². The van der Waals surface area contributed by atoms with E-state index in [2.05, 4.69) is 13.8 Å². The Morgan fingerprint density at radius 2 is 2.21 bits per heavy atom. The zero-order chi connectivity index (χ0) is 10.6. The molecule has 1 fully saturated rings. The Morgan fingerprint density at radius 1 is 1.50 bits per heavy atom. The molecule has 1 aliphatic rings. The summed E-state index contributed by atoms with van der Waals surface area (Å²) in [6.07, 6.45) is 7.05. The van der Waals surface area contributed by atoms with Gasteiger partial charge < -0.3 is 10.8 Å². The summed E-state index contributed by atoms with van der Waals surface area (Å²) in [5, 5.41) is 9.19. The molecule has 1 saturated carbocycles. The van der Waals surface area contributed by atoms with E-state index in [9.17, 15) is 5.11 Å². The molecule has 2 heteroatoms. The monoisotopic (exact) mass is 199 g/mol. The van der Waals surface area contributed by atoms with Gasteiger partial charge >= 0.3 is 0 Å². The van der Waals surface area contributed by atoms with Crippen LogP contribution >= 0.6 is 0 Å². The molecule has 0 aromatic heterocycles. The molecule has 0 amide bonds. The number of rotatable bonds is 4. The summed E-state index contributed by atoms with van der Waals surface area (Å²) in [6, 6.07) is 0.268. The number of aliphatic hydroxyl groups excluding tert-OH is 1. The van der Waals surface area contributed by atoms with Crippen molar-refractivity contribution in [2.45, 2.75) is 58.4 Å². The average Bonchev–Trinajstić information content (AvgIpc) is 2.20. The number of aliphatic hydroxyl groups is 1. The molecule has 0 spiro atoms. The van der Waals surface area contributed by atoms with Gasteiger partial charge in [-0.05, 0) is 30.6 Å². The highest BCUT2D eigenvalue weighted by Gasteiger charge is 2.41. The minimum atomic E-state index is 0.224. The van der Waals surface area contributed by atoms with Gasteiger partial charge in [0.25, 0.3) is 0 Å². The highest BCUT2D eigenvalue weighted by atomic mass is 16.3. The molecule has 14 heavy (non-hydrogen) atoms. The van der Waals surface area contributed by atoms with Crippen molar-refractivity contribution in [1.29, 1.82) is 0 Å².